The van der Waals surface area contributed by atoms with Gasteiger partial charge in [-0.2, -0.15) is 5.10 Å². The fraction of sp³-hybridized carbons (Fsp3) is 0.526. The van der Waals surface area contributed by atoms with E-state index < -0.39 is 17.6 Å². The molecule has 1 unspecified atom stereocenters. The summed E-state index contributed by atoms with van der Waals surface area (Å²) in [6.45, 7) is 5.71. The molecule has 0 bridgehead atoms. The van der Waals surface area contributed by atoms with E-state index >= 15 is 0 Å². The predicted octanol–water partition coefficient (Wildman–Crippen LogP) is 2.97. The molecule has 146 valence electrons. The van der Waals surface area contributed by atoms with E-state index in [-0.39, 0.29) is 12.2 Å². The number of hydrogen-bond donors (Lipinski definition) is 0. The molecule has 1 atom stereocenters. The number of nitrogens with zero attached hydrogens (tertiary/aromatic N) is 3. The molecule has 0 fully saturated rings. The Hall–Kier alpha value is -2.28. The van der Waals surface area contributed by atoms with Gasteiger partial charge in [0.1, 0.15) is 23.2 Å². The molecule has 0 saturated heterocycles. The SMILES string of the molecule is COc1ccc(Cn2nc3n(c2=O)C(C(=O)OC(C)(C)C)CCC3)cc1Cl. The largest absolute Gasteiger partial charge is 0.495 e. The van der Waals surface area contributed by atoms with Crippen LogP contribution in [0.5, 0.6) is 5.75 Å². The number of carbonyl (C=O) groups is 1. The molecule has 1 aliphatic heterocycles. The molecular weight excluding hydrogens is 370 g/mol. The standard InChI is InChI=1S/C19H24ClN3O4/c1-19(2,3)27-17(24)14-6-5-7-16-21-22(18(25)23(14)16)11-12-8-9-15(26-4)13(20)10-12/h8-10,14H,5-7,11H2,1-4H3. The predicted molar refractivity (Wildman–Crippen MR) is 101 cm³/mol. The second-order valence-corrected chi connectivity index (χ2v) is 8.04. The molecular formula is C19H24ClN3O4. The van der Waals surface area contributed by atoms with Gasteiger partial charge in [-0.15, -0.1) is 0 Å². The molecule has 0 radical (unpaired) electrons. The van der Waals surface area contributed by atoms with Crippen LogP contribution in [0.1, 0.15) is 51.0 Å². The lowest BCUT2D eigenvalue weighted by atomic mass is 10.0. The quantitative estimate of drug-likeness (QED) is 0.746. The summed E-state index contributed by atoms with van der Waals surface area (Å²) >= 11 is 6.16. The van der Waals surface area contributed by atoms with Crippen molar-refractivity contribution in [3.63, 3.8) is 0 Å². The minimum atomic E-state index is -0.631. The number of halogens is 1. The third kappa shape index (κ3) is 4.18. The van der Waals surface area contributed by atoms with Crippen LogP contribution in [0.15, 0.2) is 23.0 Å². The summed E-state index contributed by atoms with van der Waals surface area (Å²) in [6.07, 6.45) is 2.02. The molecule has 2 aromatic rings. The number of aryl methyl sites for hydroxylation is 1. The van der Waals surface area contributed by atoms with Gasteiger partial charge in [0.25, 0.3) is 0 Å². The number of hydrogen-bond acceptors (Lipinski definition) is 5. The van der Waals surface area contributed by atoms with E-state index in [0.29, 0.717) is 29.4 Å². The highest BCUT2D eigenvalue weighted by atomic mass is 35.5. The molecule has 27 heavy (non-hydrogen) atoms. The van der Waals surface area contributed by atoms with E-state index in [4.69, 9.17) is 21.1 Å². The van der Waals surface area contributed by atoms with Gasteiger partial charge in [-0.3, -0.25) is 4.57 Å². The number of methoxy groups -OCH3 is 1. The minimum absolute atomic E-state index is 0.267. The van der Waals surface area contributed by atoms with Crippen LogP contribution in [0.3, 0.4) is 0 Å². The molecule has 0 N–H and O–H groups in total. The van der Waals surface area contributed by atoms with Gasteiger partial charge in [-0.1, -0.05) is 17.7 Å². The maximum atomic E-state index is 12.9. The topological polar surface area (TPSA) is 75.4 Å². The van der Waals surface area contributed by atoms with Crippen LogP contribution in [-0.4, -0.2) is 33.0 Å². The average molecular weight is 394 g/mol. The molecule has 0 spiro atoms. The highest BCUT2D eigenvalue weighted by Gasteiger charge is 2.33. The maximum Gasteiger partial charge on any atom is 0.347 e. The summed E-state index contributed by atoms with van der Waals surface area (Å²) in [5.41, 5.74) is -0.0895. The lowest BCUT2D eigenvalue weighted by Crippen LogP contribution is -2.38. The lowest BCUT2D eigenvalue weighted by Gasteiger charge is -2.26. The van der Waals surface area contributed by atoms with Crippen LogP contribution in [0.4, 0.5) is 0 Å². The van der Waals surface area contributed by atoms with Gasteiger partial charge in [0.05, 0.1) is 18.7 Å². The molecule has 3 rings (SSSR count). The van der Waals surface area contributed by atoms with E-state index in [0.717, 1.165) is 12.0 Å². The van der Waals surface area contributed by atoms with Crippen LogP contribution in [0, 0.1) is 0 Å². The summed E-state index contributed by atoms with van der Waals surface area (Å²) < 4.78 is 13.5. The van der Waals surface area contributed by atoms with E-state index in [1.807, 2.05) is 26.8 Å². The molecule has 1 aromatic heterocycles. The molecule has 0 saturated carbocycles. The van der Waals surface area contributed by atoms with Crippen LogP contribution in [0.2, 0.25) is 5.02 Å². The number of rotatable bonds is 4. The third-order valence-electron chi connectivity index (χ3n) is 4.36. The summed E-state index contributed by atoms with van der Waals surface area (Å²) in [7, 11) is 1.55. The van der Waals surface area contributed by atoms with Gasteiger partial charge in [0, 0.05) is 6.42 Å². The zero-order valence-electron chi connectivity index (χ0n) is 16.0. The summed E-state index contributed by atoms with van der Waals surface area (Å²) in [5.74, 6) is 0.793. The second-order valence-electron chi connectivity index (χ2n) is 7.64. The Morgan fingerprint density at radius 1 is 1.37 bits per heavy atom. The van der Waals surface area contributed by atoms with Crippen LogP contribution in [0.25, 0.3) is 0 Å². The van der Waals surface area contributed by atoms with Crippen molar-refractivity contribution in [2.24, 2.45) is 0 Å². The summed E-state index contributed by atoms with van der Waals surface area (Å²) in [6, 6.07) is 4.70. The number of fused-ring (bicyclic) bond motifs is 1. The Kier molecular flexibility index (Phi) is 5.33. The molecule has 7 nitrogen and oxygen atoms in total. The van der Waals surface area contributed by atoms with Gasteiger partial charge in [-0.05, 0) is 51.3 Å². The fourth-order valence-electron chi connectivity index (χ4n) is 3.21. The van der Waals surface area contributed by atoms with E-state index in [2.05, 4.69) is 5.10 Å². The zero-order valence-corrected chi connectivity index (χ0v) is 16.7. The minimum Gasteiger partial charge on any atom is -0.495 e. The van der Waals surface area contributed by atoms with Crippen molar-refractivity contribution in [1.82, 2.24) is 14.3 Å². The molecule has 0 amide bonds. The first-order valence-electron chi connectivity index (χ1n) is 8.93. The Bertz CT molecular complexity index is 911. The summed E-state index contributed by atoms with van der Waals surface area (Å²) in [5, 5.41) is 4.90. The zero-order chi connectivity index (χ0) is 19.8. The smallest absolute Gasteiger partial charge is 0.347 e. The molecule has 1 aliphatic rings. The van der Waals surface area contributed by atoms with Gasteiger partial charge in [-0.25, -0.2) is 14.3 Å². The highest BCUT2D eigenvalue weighted by molar-refractivity contribution is 6.32. The first-order chi connectivity index (χ1) is 12.7. The Labute approximate surface area is 162 Å². The van der Waals surface area contributed by atoms with Gasteiger partial charge >= 0.3 is 11.7 Å². The van der Waals surface area contributed by atoms with Crippen molar-refractivity contribution in [3.8, 4) is 5.75 Å². The number of benzene rings is 1. The Morgan fingerprint density at radius 3 is 2.74 bits per heavy atom. The van der Waals surface area contributed by atoms with E-state index in [1.54, 1.807) is 19.2 Å². The Morgan fingerprint density at radius 2 is 2.11 bits per heavy atom. The van der Waals surface area contributed by atoms with Gasteiger partial charge in [0.2, 0.25) is 0 Å². The van der Waals surface area contributed by atoms with Gasteiger partial charge < -0.3 is 9.47 Å². The monoisotopic (exact) mass is 393 g/mol. The fourth-order valence-corrected chi connectivity index (χ4v) is 3.49. The average Bonchev–Trinajstić information content (AvgIpc) is 2.89. The Balaban J connectivity index is 1.89. The second kappa shape index (κ2) is 7.38. The van der Waals surface area contributed by atoms with Crippen molar-refractivity contribution in [1.29, 1.82) is 0 Å². The van der Waals surface area contributed by atoms with Crippen molar-refractivity contribution in [2.45, 2.75) is 58.2 Å². The van der Waals surface area contributed by atoms with Crippen molar-refractivity contribution >= 4 is 17.6 Å². The third-order valence-corrected chi connectivity index (χ3v) is 4.65. The first kappa shape index (κ1) is 19.5. The van der Waals surface area contributed by atoms with E-state index in [1.165, 1.54) is 9.25 Å². The maximum absolute atomic E-state index is 12.9. The van der Waals surface area contributed by atoms with Crippen LogP contribution in [-0.2, 0) is 22.5 Å². The number of ether oxygens (including phenoxy) is 2. The molecule has 8 heteroatoms. The molecule has 0 aliphatic carbocycles. The van der Waals surface area contributed by atoms with Gasteiger partial charge in [0.15, 0.2) is 0 Å². The van der Waals surface area contributed by atoms with Crippen molar-refractivity contribution in [3.05, 3.63) is 45.1 Å². The molecule has 1 aromatic carbocycles. The summed E-state index contributed by atoms with van der Waals surface area (Å²) in [4.78, 5) is 25.5. The lowest BCUT2D eigenvalue weighted by molar-refractivity contribution is -0.159. The first-order valence-corrected chi connectivity index (χ1v) is 9.31. The van der Waals surface area contributed by atoms with Crippen LogP contribution < -0.4 is 10.4 Å². The van der Waals surface area contributed by atoms with Crippen LogP contribution >= 0.6 is 11.6 Å². The number of aromatic nitrogens is 3. The van der Waals surface area contributed by atoms with Crippen molar-refractivity contribution < 1.29 is 14.3 Å². The normalized spacial score (nSPS) is 16.7. The highest BCUT2D eigenvalue weighted by Crippen LogP contribution is 2.27. The molecule has 2 heterocycles. The number of esters is 1. The van der Waals surface area contributed by atoms with Crippen molar-refractivity contribution in [2.75, 3.05) is 7.11 Å². The van der Waals surface area contributed by atoms with E-state index in [9.17, 15) is 9.59 Å². The number of carbonyl (C=O) groups excluding carboxylic acids is 1.